The number of amides is 1. The van der Waals surface area contributed by atoms with Gasteiger partial charge in [0.15, 0.2) is 0 Å². The van der Waals surface area contributed by atoms with E-state index in [4.69, 9.17) is 10.5 Å². The van der Waals surface area contributed by atoms with E-state index < -0.39 is 0 Å². The third-order valence-electron chi connectivity index (χ3n) is 2.34. The lowest BCUT2D eigenvalue weighted by Crippen LogP contribution is -2.35. The Hall–Kier alpha value is -0.320. The van der Waals surface area contributed by atoms with E-state index in [1.807, 2.05) is 0 Å². The summed E-state index contributed by atoms with van der Waals surface area (Å²) in [6.45, 7) is 6.63. The first-order valence-electron chi connectivity index (χ1n) is 5.23. The molecule has 0 radical (unpaired) electrons. The van der Waals surface area contributed by atoms with Crippen molar-refractivity contribution in [1.82, 2.24) is 4.90 Å². The quantitative estimate of drug-likeness (QED) is 0.780. The zero-order valence-electron chi connectivity index (χ0n) is 9.44. The van der Waals surface area contributed by atoms with E-state index in [-0.39, 0.29) is 31.0 Å². The maximum atomic E-state index is 11.2. The highest BCUT2D eigenvalue weighted by Crippen LogP contribution is 2.13. The Labute approximate surface area is 97.5 Å². The number of hydrogen-bond acceptors (Lipinski definition) is 3. The first kappa shape index (κ1) is 14.7. The van der Waals surface area contributed by atoms with E-state index in [0.717, 1.165) is 19.6 Å². The average molecular weight is 237 g/mol. The van der Waals surface area contributed by atoms with Crippen LogP contribution >= 0.6 is 12.4 Å². The van der Waals surface area contributed by atoms with Crippen LogP contribution in [0.25, 0.3) is 0 Å². The minimum atomic E-state index is 0. The highest BCUT2D eigenvalue weighted by atomic mass is 35.5. The molecule has 0 saturated carbocycles. The van der Waals surface area contributed by atoms with Gasteiger partial charge in [-0.3, -0.25) is 4.79 Å². The van der Waals surface area contributed by atoms with Gasteiger partial charge in [0, 0.05) is 19.7 Å². The molecule has 2 N–H and O–H groups in total. The normalized spacial score (nSPS) is 20.5. The largest absolute Gasteiger partial charge is 0.376 e. The van der Waals surface area contributed by atoms with Crippen LogP contribution in [0.15, 0.2) is 0 Å². The molecular formula is C10H21ClN2O2. The molecule has 1 unspecified atom stereocenters. The third kappa shape index (κ3) is 4.82. The number of halogens is 1. The van der Waals surface area contributed by atoms with Crippen molar-refractivity contribution in [3.05, 3.63) is 0 Å². The molecule has 0 spiro atoms. The molecule has 5 heteroatoms. The molecule has 0 aromatic carbocycles. The van der Waals surface area contributed by atoms with Crippen LogP contribution in [-0.2, 0) is 9.53 Å². The highest BCUT2D eigenvalue weighted by Gasteiger charge is 2.25. The molecule has 0 aromatic heterocycles. The number of rotatable bonds is 4. The first-order valence-corrected chi connectivity index (χ1v) is 5.23. The summed E-state index contributed by atoms with van der Waals surface area (Å²) in [4.78, 5) is 13.0. The van der Waals surface area contributed by atoms with Crippen molar-refractivity contribution < 1.29 is 9.53 Å². The van der Waals surface area contributed by atoms with Crippen molar-refractivity contribution in [3.63, 3.8) is 0 Å². The van der Waals surface area contributed by atoms with Gasteiger partial charge in [-0.1, -0.05) is 13.8 Å². The fraction of sp³-hybridized carbons (Fsp3) is 0.900. The van der Waals surface area contributed by atoms with Crippen molar-refractivity contribution in [1.29, 1.82) is 0 Å². The maximum absolute atomic E-state index is 11.2. The van der Waals surface area contributed by atoms with E-state index in [1.165, 1.54) is 0 Å². The molecule has 1 aliphatic heterocycles. The number of likely N-dealkylation sites (tertiary alicyclic amines) is 1. The maximum Gasteiger partial charge on any atom is 0.236 e. The molecule has 0 aromatic rings. The van der Waals surface area contributed by atoms with Crippen LogP contribution in [0.4, 0.5) is 0 Å². The van der Waals surface area contributed by atoms with Gasteiger partial charge in [-0.05, 0) is 12.3 Å². The van der Waals surface area contributed by atoms with Crippen molar-refractivity contribution in [2.24, 2.45) is 11.7 Å². The molecule has 1 atom stereocenters. The van der Waals surface area contributed by atoms with Gasteiger partial charge in [-0.15, -0.1) is 12.4 Å². The van der Waals surface area contributed by atoms with Gasteiger partial charge >= 0.3 is 0 Å². The van der Waals surface area contributed by atoms with E-state index >= 15 is 0 Å². The monoisotopic (exact) mass is 236 g/mol. The van der Waals surface area contributed by atoms with Crippen molar-refractivity contribution in [3.8, 4) is 0 Å². The van der Waals surface area contributed by atoms with E-state index in [2.05, 4.69) is 13.8 Å². The summed E-state index contributed by atoms with van der Waals surface area (Å²) in [5.74, 6) is 0.579. The van der Waals surface area contributed by atoms with Crippen LogP contribution in [0.3, 0.4) is 0 Å². The number of nitrogens with zero attached hydrogens (tertiary/aromatic N) is 1. The van der Waals surface area contributed by atoms with Crippen LogP contribution < -0.4 is 5.73 Å². The molecule has 1 rings (SSSR count). The highest BCUT2D eigenvalue weighted by molar-refractivity contribution is 5.85. The summed E-state index contributed by atoms with van der Waals surface area (Å²) in [7, 11) is 0. The fourth-order valence-corrected chi connectivity index (χ4v) is 1.55. The van der Waals surface area contributed by atoms with Gasteiger partial charge in [-0.25, -0.2) is 0 Å². The van der Waals surface area contributed by atoms with E-state index in [0.29, 0.717) is 12.5 Å². The van der Waals surface area contributed by atoms with Crippen molar-refractivity contribution in [2.45, 2.75) is 26.4 Å². The number of carbonyl (C=O) groups excluding carboxylic acids is 1. The Morgan fingerprint density at radius 3 is 2.80 bits per heavy atom. The summed E-state index contributed by atoms with van der Waals surface area (Å²) in [6.07, 6.45) is 1.16. The summed E-state index contributed by atoms with van der Waals surface area (Å²) in [6, 6.07) is 0. The summed E-state index contributed by atoms with van der Waals surface area (Å²) >= 11 is 0. The standard InChI is InChI=1S/C10H20N2O2.ClH/c1-8(2)7-14-9-3-4-12(6-9)10(13)5-11;/h8-9H,3-7,11H2,1-2H3;1H. The summed E-state index contributed by atoms with van der Waals surface area (Å²) in [5, 5.41) is 0. The van der Waals surface area contributed by atoms with Gasteiger partial charge in [-0.2, -0.15) is 0 Å². The van der Waals surface area contributed by atoms with Gasteiger partial charge in [0.25, 0.3) is 0 Å². The number of nitrogens with two attached hydrogens (primary N) is 1. The van der Waals surface area contributed by atoms with Gasteiger partial charge in [0.2, 0.25) is 5.91 Å². The zero-order valence-corrected chi connectivity index (χ0v) is 10.3. The molecule has 90 valence electrons. The molecule has 1 heterocycles. The lowest BCUT2D eigenvalue weighted by atomic mass is 10.2. The summed E-state index contributed by atoms with van der Waals surface area (Å²) < 4.78 is 5.65. The second kappa shape index (κ2) is 7.04. The van der Waals surface area contributed by atoms with E-state index in [9.17, 15) is 4.79 Å². The van der Waals surface area contributed by atoms with Crippen LogP contribution in [-0.4, -0.2) is 43.2 Å². The topological polar surface area (TPSA) is 55.6 Å². The second-order valence-corrected chi connectivity index (χ2v) is 4.18. The average Bonchev–Trinajstić information content (AvgIpc) is 2.62. The molecule has 1 saturated heterocycles. The second-order valence-electron chi connectivity index (χ2n) is 4.18. The van der Waals surface area contributed by atoms with E-state index in [1.54, 1.807) is 4.90 Å². The van der Waals surface area contributed by atoms with Gasteiger partial charge in [0.05, 0.1) is 12.6 Å². The molecule has 4 nitrogen and oxygen atoms in total. The molecule has 1 aliphatic rings. The molecular weight excluding hydrogens is 216 g/mol. The lowest BCUT2D eigenvalue weighted by molar-refractivity contribution is -0.129. The van der Waals surface area contributed by atoms with Crippen LogP contribution in [0, 0.1) is 5.92 Å². The third-order valence-corrected chi connectivity index (χ3v) is 2.34. The lowest BCUT2D eigenvalue weighted by Gasteiger charge is -2.16. The summed E-state index contributed by atoms with van der Waals surface area (Å²) in [5.41, 5.74) is 5.29. The molecule has 1 fully saturated rings. The number of carbonyl (C=O) groups is 1. The van der Waals surface area contributed by atoms with Crippen molar-refractivity contribution >= 4 is 18.3 Å². The number of ether oxygens (including phenoxy) is 1. The first-order chi connectivity index (χ1) is 6.63. The minimum Gasteiger partial charge on any atom is -0.376 e. The molecule has 15 heavy (non-hydrogen) atoms. The molecule has 1 amide bonds. The fourth-order valence-electron chi connectivity index (χ4n) is 1.55. The zero-order chi connectivity index (χ0) is 10.6. The Morgan fingerprint density at radius 1 is 1.60 bits per heavy atom. The Bertz CT molecular complexity index is 200. The van der Waals surface area contributed by atoms with Crippen LogP contribution in [0.1, 0.15) is 20.3 Å². The molecule has 0 bridgehead atoms. The van der Waals surface area contributed by atoms with Gasteiger partial charge in [0.1, 0.15) is 0 Å². The van der Waals surface area contributed by atoms with Crippen molar-refractivity contribution in [2.75, 3.05) is 26.2 Å². The SMILES string of the molecule is CC(C)COC1CCN(C(=O)CN)C1.Cl. The van der Waals surface area contributed by atoms with Crippen LogP contribution in [0.5, 0.6) is 0 Å². The minimum absolute atomic E-state index is 0. The Morgan fingerprint density at radius 2 is 2.27 bits per heavy atom. The molecule has 0 aliphatic carbocycles. The number of hydrogen-bond donors (Lipinski definition) is 1. The van der Waals surface area contributed by atoms with Crippen LogP contribution in [0.2, 0.25) is 0 Å². The smallest absolute Gasteiger partial charge is 0.236 e. The predicted molar refractivity (Wildman–Crippen MR) is 62.1 cm³/mol. The predicted octanol–water partition coefficient (Wildman–Crippen LogP) is 0.640. The Kier molecular flexibility index (Phi) is 6.89. The van der Waals surface area contributed by atoms with Gasteiger partial charge < -0.3 is 15.4 Å². The Balaban J connectivity index is 0.00000196.